The third-order valence-electron chi connectivity index (χ3n) is 4.66. The van der Waals surface area contributed by atoms with E-state index in [1.165, 1.54) is 5.56 Å². The summed E-state index contributed by atoms with van der Waals surface area (Å²) in [5.74, 6) is 0. The first kappa shape index (κ1) is 21.6. The van der Waals surface area contributed by atoms with E-state index < -0.39 is 5.60 Å². The number of benzene rings is 2. The topological polar surface area (TPSA) is 31.2 Å². The molecule has 0 fully saturated rings. The van der Waals surface area contributed by atoms with Crippen molar-refractivity contribution >= 4 is 28.7 Å². The first-order valence-electron chi connectivity index (χ1n) is 10.1. The molecular formula is C25H28INO2. The van der Waals surface area contributed by atoms with Crippen LogP contribution in [-0.4, -0.2) is 16.3 Å². The van der Waals surface area contributed by atoms with Crippen molar-refractivity contribution in [3.63, 3.8) is 0 Å². The molecule has 0 N–H and O–H groups in total. The number of rotatable bonds is 5. The fourth-order valence-electron chi connectivity index (χ4n) is 3.41. The van der Waals surface area contributed by atoms with Crippen molar-refractivity contribution in [2.45, 2.75) is 52.6 Å². The summed E-state index contributed by atoms with van der Waals surface area (Å²) in [7, 11) is 0. The zero-order valence-electron chi connectivity index (χ0n) is 17.5. The predicted molar refractivity (Wildman–Crippen MR) is 128 cm³/mol. The number of unbranched alkanes of at least 4 members (excludes halogenated alkanes) is 1. The fourth-order valence-corrected chi connectivity index (χ4v) is 4.49. The summed E-state index contributed by atoms with van der Waals surface area (Å²) >= 11 is 2.40. The monoisotopic (exact) mass is 501 g/mol. The van der Waals surface area contributed by atoms with Crippen LogP contribution in [0, 0.1) is 3.57 Å². The Hall–Kier alpha value is -2.08. The van der Waals surface area contributed by atoms with Crippen LogP contribution in [0.5, 0.6) is 0 Å². The SMILES string of the molecule is CCCCc1c(I)c(-c2ccccc2)n(C(=O)OC(C)(C)C)c1-c1ccccc1. The molecule has 4 heteroatoms. The van der Waals surface area contributed by atoms with E-state index in [9.17, 15) is 4.79 Å². The first-order chi connectivity index (χ1) is 13.8. The smallest absolute Gasteiger partial charge is 0.419 e. The lowest BCUT2D eigenvalue weighted by Gasteiger charge is -2.22. The molecule has 0 bridgehead atoms. The van der Waals surface area contributed by atoms with E-state index in [4.69, 9.17) is 4.74 Å². The minimum absolute atomic E-state index is 0.337. The zero-order chi connectivity index (χ0) is 21.0. The van der Waals surface area contributed by atoms with Crippen molar-refractivity contribution in [1.82, 2.24) is 4.57 Å². The van der Waals surface area contributed by atoms with E-state index >= 15 is 0 Å². The molecule has 3 rings (SSSR count). The van der Waals surface area contributed by atoms with Gasteiger partial charge in [-0.1, -0.05) is 74.0 Å². The van der Waals surface area contributed by atoms with Crippen LogP contribution in [0.1, 0.15) is 46.1 Å². The third-order valence-corrected chi connectivity index (χ3v) is 5.82. The highest BCUT2D eigenvalue weighted by Gasteiger charge is 2.29. The van der Waals surface area contributed by atoms with Gasteiger partial charge in [-0.05, 0) is 72.9 Å². The van der Waals surface area contributed by atoms with Gasteiger partial charge in [-0.25, -0.2) is 9.36 Å². The van der Waals surface area contributed by atoms with Crippen molar-refractivity contribution in [3.05, 3.63) is 69.8 Å². The number of hydrogen-bond acceptors (Lipinski definition) is 2. The first-order valence-corrected chi connectivity index (χ1v) is 11.2. The number of carbonyl (C=O) groups excluding carboxylic acids is 1. The molecule has 0 aliphatic carbocycles. The molecule has 29 heavy (non-hydrogen) atoms. The highest BCUT2D eigenvalue weighted by molar-refractivity contribution is 14.1. The lowest BCUT2D eigenvalue weighted by Crippen LogP contribution is -2.28. The molecule has 1 heterocycles. The maximum atomic E-state index is 13.4. The molecule has 0 aliphatic rings. The van der Waals surface area contributed by atoms with Crippen LogP contribution in [-0.2, 0) is 11.2 Å². The Morgan fingerprint density at radius 2 is 1.45 bits per heavy atom. The maximum absolute atomic E-state index is 13.4. The van der Waals surface area contributed by atoms with Gasteiger partial charge in [0.25, 0.3) is 0 Å². The molecule has 3 nitrogen and oxygen atoms in total. The summed E-state index contributed by atoms with van der Waals surface area (Å²) < 4.78 is 8.74. The second kappa shape index (κ2) is 9.16. The summed E-state index contributed by atoms with van der Waals surface area (Å²) in [5, 5.41) is 0. The van der Waals surface area contributed by atoms with Gasteiger partial charge in [0.05, 0.1) is 11.4 Å². The fraction of sp³-hybridized carbons (Fsp3) is 0.320. The van der Waals surface area contributed by atoms with Gasteiger partial charge >= 0.3 is 6.09 Å². The van der Waals surface area contributed by atoms with Gasteiger partial charge in [0.2, 0.25) is 0 Å². The van der Waals surface area contributed by atoms with Crippen LogP contribution in [0.3, 0.4) is 0 Å². The Bertz CT molecular complexity index is 970. The second-order valence-electron chi connectivity index (χ2n) is 8.14. The minimum atomic E-state index is -0.571. The Morgan fingerprint density at radius 1 is 0.931 bits per heavy atom. The van der Waals surface area contributed by atoms with Crippen molar-refractivity contribution in [3.8, 4) is 22.5 Å². The molecule has 0 saturated heterocycles. The number of hydrogen-bond donors (Lipinski definition) is 0. The Kier molecular flexibility index (Phi) is 6.83. The average Bonchev–Trinajstić information content (AvgIpc) is 2.99. The summed E-state index contributed by atoms with van der Waals surface area (Å²) in [6.45, 7) is 7.91. The normalized spacial score (nSPS) is 11.5. The molecule has 0 amide bonds. The van der Waals surface area contributed by atoms with E-state index in [0.29, 0.717) is 0 Å². The van der Waals surface area contributed by atoms with Gasteiger partial charge in [0.1, 0.15) is 5.60 Å². The Morgan fingerprint density at radius 3 is 1.93 bits per heavy atom. The van der Waals surface area contributed by atoms with E-state index in [1.54, 1.807) is 4.57 Å². The molecular weight excluding hydrogens is 473 g/mol. The Balaban J connectivity index is 2.33. The maximum Gasteiger partial charge on any atom is 0.419 e. The summed E-state index contributed by atoms with van der Waals surface area (Å²) in [4.78, 5) is 13.4. The quantitative estimate of drug-likeness (QED) is 0.338. The van der Waals surface area contributed by atoms with Gasteiger partial charge in [-0.15, -0.1) is 0 Å². The molecule has 0 aliphatic heterocycles. The third kappa shape index (κ3) is 4.92. The van der Waals surface area contributed by atoms with Crippen molar-refractivity contribution in [2.75, 3.05) is 0 Å². The van der Waals surface area contributed by atoms with Crippen molar-refractivity contribution in [1.29, 1.82) is 0 Å². The molecule has 0 saturated carbocycles. The lowest BCUT2D eigenvalue weighted by molar-refractivity contribution is 0.0542. The van der Waals surface area contributed by atoms with E-state index in [1.807, 2.05) is 57.2 Å². The highest BCUT2D eigenvalue weighted by Crippen LogP contribution is 2.39. The van der Waals surface area contributed by atoms with Crippen LogP contribution in [0.2, 0.25) is 0 Å². The molecule has 1 aromatic heterocycles. The van der Waals surface area contributed by atoms with Gasteiger partial charge in [-0.3, -0.25) is 0 Å². The molecule has 2 aromatic carbocycles. The highest BCUT2D eigenvalue weighted by atomic mass is 127. The second-order valence-corrected chi connectivity index (χ2v) is 9.22. The Labute approximate surface area is 187 Å². The van der Waals surface area contributed by atoms with Gasteiger partial charge in [-0.2, -0.15) is 0 Å². The number of nitrogens with zero attached hydrogens (tertiary/aromatic N) is 1. The van der Waals surface area contributed by atoms with Crippen LogP contribution in [0.4, 0.5) is 4.79 Å². The number of aromatic nitrogens is 1. The zero-order valence-corrected chi connectivity index (χ0v) is 19.7. The van der Waals surface area contributed by atoms with Gasteiger partial charge in [0, 0.05) is 3.57 Å². The number of carbonyl (C=O) groups is 1. The van der Waals surface area contributed by atoms with Gasteiger partial charge < -0.3 is 4.74 Å². The van der Waals surface area contributed by atoms with E-state index in [2.05, 4.69) is 53.8 Å². The summed E-state index contributed by atoms with van der Waals surface area (Å²) in [6.07, 6.45) is 2.76. The minimum Gasteiger partial charge on any atom is -0.443 e. The average molecular weight is 501 g/mol. The van der Waals surface area contributed by atoms with Crippen LogP contribution in [0.25, 0.3) is 22.5 Å². The molecule has 152 valence electrons. The predicted octanol–water partition coefficient (Wildman–Crippen LogP) is 7.55. The summed E-state index contributed by atoms with van der Waals surface area (Å²) in [6, 6.07) is 20.3. The van der Waals surface area contributed by atoms with Gasteiger partial charge in [0.15, 0.2) is 0 Å². The largest absolute Gasteiger partial charge is 0.443 e. The number of halogens is 1. The molecule has 0 unspecified atom stereocenters. The van der Waals surface area contributed by atoms with Crippen molar-refractivity contribution < 1.29 is 9.53 Å². The van der Waals surface area contributed by atoms with Crippen LogP contribution in [0.15, 0.2) is 60.7 Å². The van der Waals surface area contributed by atoms with Crippen LogP contribution >= 0.6 is 22.6 Å². The lowest BCUT2D eigenvalue weighted by atomic mass is 10.0. The summed E-state index contributed by atoms with van der Waals surface area (Å²) in [5.41, 5.74) is 4.54. The standard InChI is InChI=1S/C25H28INO2/c1-5-6-17-20-21(26)23(19-15-11-8-12-16-19)27(24(28)29-25(2,3)4)22(20)18-13-9-7-10-14-18/h7-16H,5-6,17H2,1-4H3. The van der Waals surface area contributed by atoms with E-state index in [-0.39, 0.29) is 6.09 Å². The van der Waals surface area contributed by atoms with E-state index in [0.717, 1.165) is 45.3 Å². The molecule has 3 aromatic rings. The van der Waals surface area contributed by atoms with Crippen molar-refractivity contribution in [2.24, 2.45) is 0 Å². The molecule has 0 atom stereocenters. The molecule has 0 radical (unpaired) electrons. The molecule has 0 spiro atoms. The van der Waals surface area contributed by atoms with Crippen LogP contribution < -0.4 is 0 Å². The number of ether oxygens (including phenoxy) is 1.